The second-order valence-electron chi connectivity index (χ2n) is 6.73. The van der Waals surface area contributed by atoms with Crippen molar-refractivity contribution in [2.24, 2.45) is 0 Å². The summed E-state index contributed by atoms with van der Waals surface area (Å²) >= 11 is 0. The molecular formula is C21H21N5O. The number of aromatic nitrogens is 4. The van der Waals surface area contributed by atoms with Crippen molar-refractivity contribution < 1.29 is 0 Å². The van der Waals surface area contributed by atoms with Crippen molar-refractivity contribution in [3.05, 3.63) is 76.1 Å². The number of allylic oxidation sites excluding steroid dienone is 1. The van der Waals surface area contributed by atoms with Gasteiger partial charge in [-0.3, -0.25) is 9.36 Å². The molecule has 0 unspecified atom stereocenters. The first-order chi connectivity index (χ1) is 13.1. The van der Waals surface area contributed by atoms with E-state index < -0.39 is 0 Å². The molecule has 0 aliphatic carbocycles. The van der Waals surface area contributed by atoms with Crippen LogP contribution in [0.1, 0.15) is 11.1 Å². The summed E-state index contributed by atoms with van der Waals surface area (Å²) in [6, 6.07) is 15.9. The fraction of sp³-hybridized carbons (Fsp3) is 0.190. The van der Waals surface area contributed by atoms with Gasteiger partial charge in [0.15, 0.2) is 0 Å². The van der Waals surface area contributed by atoms with Gasteiger partial charge in [0.05, 0.1) is 10.9 Å². The zero-order chi connectivity index (χ0) is 19.0. The van der Waals surface area contributed by atoms with Crippen molar-refractivity contribution in [2.45, 2.75) is 13.5 Å². The van der Waals surface area contributed by atoms with Crippen LogP contribution in [0.3, 0.4) is 0 Å². The molecule has 6 heteroatoms. The van der Waals surface area contributed by atoms with Gasteiger partial charge in [-0.25, -0.2) is 4.40 Å². The Balaban J connectivity index is 1.94. The zero-order valence-corrected chi connectivity index (χ0v) is 15.6. The maximum absolute atomic E-state index is 13.2. The van der Waals surface area contributed by atoms with Gasteiger partial charge in [-0.1, -0.05) is 54.6 Å². The summed E-state index contributed by atoms with van der Waals surface area (Å²) in [4.78, 5) is 15.1. The minimum absolute atomic E-state index is 0.0500. The molecule has 0 bridgehead atoms. The van der Waals surface area contributed by atoms with E-state index in [4.69, 9.17) is 0 Å². The van der Waals surface area contributed by atoms with Crippen molar-refractivity contribution in [1.82, 2.24) is 19.2 Å². The Bertz CT molecular complexity index is 1200. The Kier molecular flexibility index (Phi) is 4.24. The standard InChI is InChI=1S/C21H21N5O/c1-15-9-7-13-17-18(15)19(27)25(14-8-12-16-10-5-4-6-11-16)21-23-22-20(24(2)3)26(17)21/h4-13H,14H2,1-3H3. The summed E-state index contributed by atoms with van der Waals surface area (Å²) < 4.78 is 3.62. The predicted molar refractivity (Wildman–Crippen MR) is 109 cm³/mol. The molecule has 4 aromatic rings. The fourth-order valence-electron chi connectivity index (χ4n) is 3.31. The van der Waals surface area contributed by atoms with Gasteiger partial charge in [0.25, 0.3) is 5.56 Å². The lowest BCUT2D eigenvalue weighted by Gasteiger charge is -2.14. The van der Waals surface area contributed by atoms with Crippen molar-refractivity contribution >= 4 is 28.7 Å². The third-order valence-corrected chi connectivity index (χ3v) is 4.62. The quantitative estimate of drug-likeness (QED) is 0.562. The van der Waals surface area contributed by atoms with Crippen LogP contribution in [-0.4, -0.2) is 33.3 Å². The van der Waals surface area contributed by atoms with Gasteiger partial charge in [-0.15, -0.1) is 10.2 Å². The van der Waals surface area contributed by atoms with E-state index >= 15 is 0 Å². The zero-order valence-electron chi connectivity index (χ0n) is 15.6. The number of aryl methyl sites for hydroxylation is 1. The van der Waals surface area contributed by atoms with E-state index in [1.165, 1.54) is 0 Å². The lowest BCUT2D eigenvalue weighted by atomic mass is 10.1. The van der Waals surface area contributed by atoms with Crippen LogP contribution in [0.15, 0.2) is 59.4 Å². The maximum atomic E-state index is 13.2. The average molecular weight is 359 g/mol. The van der Waals surface area contributed by atoms with Crippen LogP contribution in [0.25, 0.3) is 22.8 Å². The van der Waals surface area contributed by atoms with Gasteiger partial charge in [-0.05, 0) is 24.1 Å². The molecule has 0 N–H and O–H groups in total. The molecule has 2 aromatic carbocycles. The van der Waals surface area contributed by atoms with Crippen LogP contribution in [0, 0.1) is 6.92 Å². The molecule has 0 aliphatic rings. The Morgan fingerprint density at radius 2 is 1.81 bits per heavy atom. The first-order valence-corrected chi connectivity index (χ1v) is 8.84. The lowest BCUT2D eigenvalue weighted by molar-refractivity contribution is 0.786. The van der Waals surface area contributed by atoms with E-state index in [1.54, 1.807) is 4.57 Å². The monoisotopic (exact) mass is 359 g/mol. The van der Waals surface area contributed by atoms with Gasteiger partial charge in [0.1, 0.15) is 0 Å². The molecule has 2 aromatic heterocycles. The smallest absolute Gasteiger partial charge is 0.263 e. The Morgan fingerprint density at radius 1 is 1.04 bits per heavy atom. The summed E-state index contributed by atoms with van der Waals surface area (Å²) in [5.74, 6) is 1.24. The highest BCUT2D eigenvalue weighted by atomic mass is 16.1. The van der Waals surface area contributed by atoms with E-state index in [2.05, 4.69) is 10.2 Å². The van der Waals surface area contributed by atoms with Gasteiger partial charge in [0.2, 0.25) is 11.7 Å². The molecule has 2 heterocycles. The maximum Gasteiger partial charge on any atom is 0.263 e. The highest BCUT2D eigenvalue weighted by molar-refractivity contribution is 5.84. The molecule has 6 nitrogen and oxygen atoms in total. The second-order valence-corrected chi connectivity index (χ2v) is 6.73. The normalized spacial score (nSPS) is 11.7. The Morgan fingerprint density at radius 3 is 2.56 bits per heavy atom. The number of rotatable bonds is 4. The molecule has 0 radical (unpaired) electrons. The molecular weight excluding hydrogens is 338 g/mol. The van der Waals surface area contributed by atoms with E-state index in [0.29, 0.717) is 23.7 Å². The van der Waals surface area contributed by atoms with Gasteiger partial charge in [0, 0.05) is 20.6 Å². The van der Waals surface area contributed by atoms with Crippen LogP contribution >= 0.6 is 0 Å². The lowest BCUT2D eigenvalue weighted by Crippen LogP contribution is -2.24. The molecule has 0 spiro atoms. The van der Waals surface area contributed by atoms with E-state index in [0.717, 1.165) is 16.6 Å². The number of hydrogen-bond donors (Lipinski definition) is 0. The highest BCUT2D eigenvalue weighted by Crippen LogP contribution is 2.21. The molecule has 0 aliphatic heterocycles. The molecule has 0 fully saturated rings. The minimum Gasteiger partial charge on any atom is -0.347 e. The SMILES string of the molecule is Cc1cccc2c1c(=O)n(CC=Cc1ccccc1)c1nnc(N(C)C)n21. The average Bonchev–Trinajstić information content (AvgIpc) is 3.10. The molecule has 0 saturated heterocycles. The number of nitrogens with zero attached hydrogens (tertiary/aromatic N) is 5. The first-order valence-electron chi connectivity index (χ1n) is 8.84. The number of benzene rings is 2. The summed E-state index contributed by atoms with van der Waals surface area (Å²) in [5, 5.41) is 9.30. The molecule has 4 rings (SSSR count). The molecule has 0 amide bonds. The van der Waals surface area contributed by atoms with Crippen LogP contribution < -0.4 is 10.5 Å². The fourth-order valence-corrected chi connectivity index (χ4v) is 3.31. The van der Waals surface area contributed by atoms with E-state index in [1.807, 2.05) is 91.0 Å². The largest absolute Gasteiger partial charge is 0.347 e. The predicted octanol–water partition coefficient (Wildman–Crippen LogP) is 3.13. The van der Waals surface area contributed by atoms with Gasteiger partial charge >= 0.3 is 0 Å². The van der Waals surface area contributed by atoms with E-state index in [-0.39, 0.29) is 5.56 Å². The minimum atomic E-state index is -0.0500. The first kappa shape index (κ1) is 17.0. The topological polar surface area (TPSA) is 55.4 Å². The van der Waals surface area contributed by atoms with E-state index in [9.17, 15) is 4.79 Å². The number of hydrogen-bond acceptors (Lipinski definition) is 4. The third kappa shape index (κ3) is 2.89. The van der Waals surface area contributed by atoms with Crippen molar-refractivity contribution in [3.63, 3.8) is 0 Å². The van der Waals surface area contributed by atoms with Crippen LogP contribution in [0.5, 0.6) is 0 Å². The molecule has 136 valence electrons. The summed E-state index contributed by atoms with van der Waals surface area (Å²) in [7, 11) is 3.84. The third-order valence-electron chi connectivity index (χ3n) is 4.62. The molecule has 0 saturated carbocycles. The molecule has 0 atom stereocenters. The van der Waals surface area contributed by atoms with Crippen LogP contribution in [-0.2, 0) is 6.54 Å². The highest BCUT2D eigenvalue weighted by Gasteiger charge is 2.17. The van der Waals surface area contributed by atoms with Crippen molar-refractivity contribution in [2.75, 3.05) is 19.0 Å². The Labute approximate surface area is 157 Å². The van der Waals surface area contributed by atoms with Crippen LogP contribution in [0.4, 0.5) is 5.95 Å². The van der Waals surface area contributed by atoms with Crippen molar-refractivity contribution in [3.8, 4) is 0 Å². The number of fused-ring (bicyclic) bond motifs is 3. The van der Waals surface area contributed by atoms with Gasteiger partial charge in [-0.2, -0.15) is 0 Å². The second kappa shape index (κ2) is 6.72. The number of anilines is 1. The summed E-state index contributed by atoms with van der Waals surface area (Å²) in [6.45, 7) is 2.38. The van der Waals surface area contributed by atoms with Gasteiger partial charge < -0.3 is 4.90 Å². The van der Waals surface area contributed by atoms with Crippen molar-refractivity contribution in [1.29, 1.82) is 0 Å². The van der Waals surface area contributed by atoms with Crippen LogP contribution in [0.2, 0.25) is 0 Å². The summed E-state index contributed by atoms with van der Waals surface area (Å²) in [5.41, 5.74) is 2.81. The summed E-state index contributed by atoms with van der Waals surface area (Å²) in [6.07, 6.45) is 3.99. The molecule has 27 heavy (non-hydrogen) atoms. The Hall–Kier alpha value is -3.41.